The van der Waals surface area contributed by atoms with E-state index in [1.807, 2.05) is 37.3 Å². The van der Waals surface area contributed by atoms with Gasteiger partial charge in [0.15, 0.2) is 0 Å². The van der Waals surface area contributed by atoms with E-state index in [1.165, 1.54) is 10.8 Å². The predicted molar refractivity (Wildman–Crippen MR) is 91.8 cm³/mol. The van der Waals surface area contributed by atoms with Crippen molar-refractivity contribution in [3.63, 3.8) is 0 Å². The smallest absolute Gasteiger partial charge is 0.390 e. The number of para-hydroxylation sites is 1. The second-order valence-corrected chi connectivity index (χ2v) is 5.52. The highest BCUT2D eigenvalue weighted by molar-refractivity contribution is 5.93. The highest BCUT2D eigenvalue weighted by atomic mass is 16.6. The number of nitrogens with zero attached hydrogens (tertiary/aromatic N) is 4. The number of benzene rings is 1. The summed E-state index contributed by atoms with van der Waals surface area (Å²) in [6.07, 6.45) is 5.70. The molecule has 0 atom stereocenters. The molecule has 2 rings (SSSR count). The summed E-state index contributed by atoms with van der Waals surface area (Å²) in [5.74, 6) is -0.0681. The van der Waals surface area contributed by atoms with Crippen molar-refractivity contribution in [1.29, 1.82) is 0 Å². The van der Waals surface area contributed by atoms with Crippen molar-refractivity contribution in [2.45, 2.75) is 39.2 Å². The average Bonchev–Trinajstić information content (AvgIpc) is 3.06. The van der Waals surface area contributed by atoms with E-state index in [2.05, 4.69) is 4.98 Å². The fourth-order valence-corrected chi connectivity index (χ4v) is 2.57. The van der Waals surface area contributed by atoms with Crippen LogP contribution in [0.15, 0.2) is 42.7 Å². The van der Waals surface area contributed by atoms with Gasteiger partial charge < -0.3 is 15.0 Å². The van der Waals surface area contributed by atoms with Crippen LogP contribution in [-0.4, -0.2) is 26.9 Å². The molecule has 0 fully saturated rings. The summed E-state index contributed by atoms with van der Waals surface area (Å²) in [4.78, 5) is 28.3. The minimum absolute atomic E-state index is 0.0863. The summed E-state index contributed by atoms with van der Waals surface area (Å²) in [7, 11) is 0. The summed E-state index contributed by atoms with van der Waals surface area (Å²) in [5.41, 5.74) is 0.912. The Kier molecular flexibility index (Phi) is 6.48. The van der Waals surface area contributed by atoms with Gasteiger partial charge in [-0.25, -0.2) is 4.57 Å². The Hall–Kier alpha value is -2.70. The summed E-state index contributed by atoms with van der Waals surface area (Å²) < 4.78 is 1.51. The highest BCUT2D eigenvalue weighted by Gasteiger charge is 2.16. The Bertz CT molecular complexity index is 669. The number of carbonyl (C=O) groups excluding carboxylic acids is 1. The third-order valence-corrected chi connectivity index (χ3v) is 3.71. The first-order valence-corrected chi connectivity index (χ1v) is 8.14. The molecule has 0 radical (unpaired) electrons. The molecule has 0 spiro atoms. The second-order valence-electron chi connectivity index (χ2n) is 5.52. The number of amides is 1. The quantitative estimate of drug-likeness (QED) is 0.401. The van der Waals surface area contributed by atoms with Gasteiger partial charge in [0.2, 0.25) is 5.91 Å². The van der Waals surface area contributed by atoms with E-state index in [0.29, 0.717) is 32.4 Å². The van der Waals surface area contributed by atoms with E-state index in [0.717, 1.165) is 12.1 Å². The van der Waals surface area contributed by atoms with Gasteiger partial charge in [-0.15, -0.1) is 0 Å². The van der Waals surface area contributed by atoms with Gasteiger partial charge >= 0.3 is 5.95 Å². The van der Waals surface area contributed by atoms with E-state index in [-0.39, 0.29) is 11.9 Å². The summed E-state index contributed by atoms with van der Waals surface area (Å²) in [5, 5.41) is 10.8. The van der Waals surface area contributed by atoms with Crippen LogP contribution in [-0.2, 0) is 11.3 Å². The Labute approximate surface area is 141 Å². The fraction of sp³-hybridized carbons (Fsp3) is 0.412. The highest BCUT2D eigenvalue weighted by Crippen LogP contribution is 2.16. The Morgan fingerprint density at radius 1 is 1.29 bits per heavy atom. The third-order valence-electron chi connectivity index (χ3n) is 3.71. The van der Waals surface area contributed by atoms with E-state index in [9.17, 15) is 14.9 Å². The first kappa shape index (κ1) is 17.7. The normalized spacial score (nSPS) is 10.5. The lowest BCUT2D eigenvalue weighted by atomic mass is 10.2. The van der Waals surface area contributed by atoms with E-state index >= 15 is 0 Å². The fourth-order valence-electron chi connectivity index (χ4n) is 2.57. The number of aryl methyl sites for hydroxylation is 1. The molecule has 0 aliphatic carbocycles. The SMILES string of the molecule is CCCN(C(=O)CCCCn1ccnc1[N+](=O)[O-])c1ccccc1. The maximum absolute atomic E-state index is 12.5. The van der Waals surface area contributed by atoms with E-state index in [4.69, 9.17) is 0 Å². The predicted octanol–water partition coefficient (Wildman–Crippen LogP) is 3.40. The maximum Gasteiger partial charge on any atom is 0.434 e. The topological polar surface area (TPSA) is 81.3 Å². The maximum atomic E-state index is 12.5. The van der Waals surface area contributed by atoms with Crippen LogP contribution in [0, 0.1) is 10.1 Å². The van der Waals surface area contributed by atoms with Crippen molar-refractivity contribution >= 4 is 17.5 Å². The molecule has 7 nitrogen and oxygen atoms in total. The molecule has 0 aliphatic heterocycles. The Morgan fingerprint density at radius 2 is 2.04 bits per heavy atom. The number of unbranched alkanes of at least 4 members (excludes halogenated alkanes) is 1. The number of hydrogen-bond donors (Lipinski definition) is 0. The molecule has 1 heterocycles. The number of hydrogen-bond acceptors (Lipinski definition) is 4. The number of anilines is 1. The molecule has 1 aromatic heterocycles. The van der Waals surface area contributed by atoms with Crippen molar-refractivity contribution < 1.29 is 9.72 Å². The number of nitro groups is 1. The zero-order valence-electron chi connectivity index (χ0n) is 13.8. The summed E-state index contributed by atoms with van der Waals surface area (Å²) >= 11 is 0. The summed E-state index contributed by atoms with van der Waals surface area (Å²) in [6.45, 7) is 3.22. The van der Waals surface area contributed by atoms with Gasteiger partial charge in [-0.1, -0.05) is 30.1 Å². The standard InChI is InChI=1S/C17H22N4O3/c1-2-12-20(15-8-4-3-5-9-15)16(22)10-6-7-13-19-14-11-18-17(19)21(23)24/h3-5,8-9,11,14H,2,6-7,10,12-13H2,1H3. The molecular formula is C17H22N4O3. The summed E-state index contributed by atoms with van der Waals surface area (Å²) in [6, 6.07) is 9.63. The van der Waals surface area contributed by atoms with Crippen LogP contribution in [0.4, 0.5) is 11.6 Å². The van der Waals surface area contributed by atoms with Gasteiger partial charge in [0.05, 0.1) is 6.54 Å². The number of rotatable bonds is 9. The van der Waals surface area contributed by atoms with Gasteiger partial charge in [-0.3, -0.25) is 4.79 Å². The van der Waals surface area contributed by atoms with E-state index in [1.54, 1.807) is 11.1 Å². The lowest BCUT2D eigenvalue weighted by molar-refractivity contribution is -0.396. The molecule has 0 N–H and O–H groups in total. The van der Waals surface area contributed by atoms with Crippen LogP contribution < -0.4 is 4.90 Å². The molecule has 1 amide bonds. The van der Waals surface area contributed by atoms with Crippen molar-refractivity contribution in [2.24, 2.45) is 0 Å². The van der Waals surface area contributed by atoms with Crippen molar-refractivity contribution in [3.05, 3.63) is 52.8 Å². The van der Waals surface area contributed by atoms with E-state index < -0.39 is 4.92 Å². The monoisotopic (exact) mass is 330 g/mol. The molecule has 0 bridgehead atoms. The molecule has 7 heteroatoms. The lowest BCUT2D eigenvalue weighted by Crippen LogP contribution is -2.31. The minimum atomic E-state index is -0.496. The number of imidazole rings is 1. The van der Waals surface area contributed by atoms with Crippen LogP contribution in [0.5, 0.6) is 0 Å². The molecular weight excluding hydrogens is 308 g/mol. The largest absolute Gasteiger partial charge is 0.434 e. The molecule has 24 heavy (non-hydrogen) atoms. The van der Waals surface area contributed by atoms with Gasteiger partial charge in [0.25, 0.3) is 0 Å². The van der Waals surface area contributed by atoms with Gasteiger partial charge in [0, 0.05) is 18.7 Å². The Morgan fingerprint density at radius 3 is 2.71 bits per heavy atom. The molecule has 2 aromatic rings. The first-order valence-electron chi connectivity index (χ1n) is 8.14. The molecule has 128 valence electrons. The lowest BCUT2D eigenvalue weighted by Gasteiger charge is -2.22. The zero-order valence-corrected chi connectivity index (χ0v) is 13.8. The minimum Gasteiger partial charge on any atom is -0.390 e. The van der Waals surface area contributed by atoms with Crippen LogP contribution >= 0.6 is 0 Å². The molecule has 0 unspecified atom stereocenters. The molecule has 0 saturated heterocycles. The number of carbonyl (C=O) groups is 1. The number of aromatic nitrogens is 2. The van der Waals surface area contributed by atoms with Crippen LogP contribution in [0.1, 0.15) is 32.6 Å². The van der Waals surface area contributed by atoms with Gasteiger partial charge in [-0.05, 0) is 36.3 Å². The van der Waals surface area contributed by atoms with Gasteiger partial charge in [0.1, 0.15) is 12.4 Å². The molecule has 0 saturated carbocycles. The van der Waals surface area contributed by atoms with Crippen LogP contribution in [0.25, 0.3) is 0 Å². The second kappa shape index (κ2) is 8.81. The third kappa shape index (κ3) is 4.65. The molecule has 1 aromatic carbocycles. The van der Waals surface area contributed by atoms with Crippen LogP contribution in [0.3, 0.4) is 0 Å². The van der Waals surface area contributed by atoms with Crippen LogP contribution in [0.2, 0.25) is 0 Å². The van der Waals surface area contributed by atoms with Crippen molar-refractivity contribution in [3.8, 4) is 0 Å². The van der Waals surface area contributed by atoms with Gasteiger partial charge in [-0.2, -0.15) is 0 Å². The van der Waals surface area contributed by atoms with Crippen molar-refractivity contribution in [1.82, 2.24) is 9.55 Å². The van der Waals surface area contributed by atoms with Crippen molar-refractivity contribution in [2.75, 3.05) is 11.4 Å². The average molecular weight is 330 g/mol. The first-order chi connectivity index (χ1) is 11.6. The molecule has 0 aliphatic rings. The zero-order chi connectivity index (χ0) is 17.4. The Balaban J connectivity index is 1.85.